The topological polar surface area (TPSA) is 88.2 Å². The maximum atomic E-state index is 12.6. The maximum Gasteiger partial charge on any atom is 0.501 e. The second-order valence-electron chi connectivity index (χ2n) is 4.11. The summed E-state index contributed by atoms with van der Waals surface area (Å²) in [4.78, 5) is 10.5. The van der Waals surface area contributed by atoms with Gasteiger partial charge < -0.3 is 5.11 Å². The minimum absolute atomic E-state index is 0.0744. The fourth-order valence-electron chi connectivity index (χ4n) is 1.74. The number of halogens is 3. The second-order valence-corrected chi connectivity index (χ2v) is 4.11. The molecule has 1 aromatic heterocycles. The lowest BCUT2D eigenvalue weighted by Gasteiger charge is -2.19. The van der Waals surface area contributed by atoms with Gasteiger partial charge in [-0.25, -0.2) is 5.84 Å². The van der Waals surface area contributed by atoms with Crippen LogP contribution in [-0.2, 0) is 6.42 Å². The molecule has 0 unspecified atom stereocenters. The average molecular weight is 299 g/mol. The van der Waals surface area contributed by atoms with Gasteiger partial charge >= 0.3 is 12.3 Å². The van der Waals surface area contributed by atoms with Crippen molar-refractivity contribution in [2.75, 3.05) is 5.01 Å². The standard InChI is InChI=1S/C12H12F3N5O/c1-2-7-5-3-4-6-8(7)9-17-10(19-11(21)18-9)20(16)12(13,14)15/h3-6H,2,16H2,1H3,(H,17,18,19,21). The van der Waals surface area contributed by atoms with Gasteiger partial charge in [0.25, 0.3) is 5.95 Å². The Morgan fingerprint density at radius 1 is 1.19 bits per heavy atom. The highest BCUT2D eigenvalue weighted by atomic mass is 19.4. The fraction of sp³-hybridized carbons (Fsp3) is 0.250. The van der Waals surface area contributed by atoms with Crippen molar-refractivity contribution >= 4 is 5.95 Å². The van der Waals surface area contributed by atoms with Crippen molar-refractivity contribution in [2.45, 2.75) is 19.6 Å². The van der Waals surface area contributed by atoms with E-state index in [4.69, 9.17) is 5.84 Å². The van der Waals surface area contributed by atoms with Gasteiger partial charge in [0.2, 0.25) is 0 Å². The molecule has 0 atom stereocenters. The predicted octanol–water partition coefficient (Wildman–Crippen LogP) is 2.01. The van der Waals surface area contributed by atoms with E-state index < -0.39 is 23.3 Å². The first-order valence-electron chi connectivity index (χ1n) is 5.98. The SMILES string of the molecule is CCc1ccccc1-c1nc(O)nc(N(N)C(F)(F)F)n1. The Morgan fingerprint density at radius 3 is 2.48 bits per heavy atom. The van der Waals surface area contributed by atoms with Crippen LogP contribution in [0.2, 0.25) is 0 Å². The number of hydrazine groups is 1. The average Bonchev–Trinajstić information content (AvgIpc) is 2.44. The summed E-state index contributed by atoms with van der Waals surface area (Å²) in [6, 6.07) is 6.08. The van der Waals surface area contributed by atoms with Crippen LogP contribution in [0.25, 0.3) is 11.4 Å². The van der Waals surface area contributed by atoms with Crippen LogP contribution in [0.1, 0.15) is 12.5 Å². The Kier molecular flexibility index (Phi) is 3.94. The Bertz CT molecular complexity index is 647. The summed E-state index contributed by atoms with van der Waals surface area (Å²) in [6.07, 6.45) is -4.24. The molecule has 0 saturated heterocycles. The molecule has 9 heteroatoms. The number of nitrogens with zero attached hydrogens (tertiary/aromatic N) is 4. The number of aryl methyl sites for hydroxylation is 1. The molecular weight excluding hydrogens is 287 g/mol. The molecule has 112 valence electrons. The number of aromatic hydroxyl groups is 1. The summed E-state index contributed by atoms with van der Waals surface area (Å²) >= 11 is 0. The summed E-state index contributed by atoms with van der Waals surface area (Å²) < 4.78 is 37.7. The van der Waals surface area contributed by atoms with Crippen LogP contribution in [-0.4, -0.2) is 26.4 Å². The van der Waals surface area contributed by atoms with Crippen LogP contribution in [0.4, 0.5) is 19.1 Å². The Hall–Kier alpha value is -2.42. The van der Waals surface area contributed by atoms with Crippen LogP contribution < -0.4 is 10.9 Å². The molecule has 0 amide bonds. The number of aromatic nitrogens is 3. The normalized spacial score (nSPS) is 11.5. The monoisotopic (exact) mass is 299 g/mol. The molecule has 0 saturated carbocycles. The highest BCUT2D eigenvalue weighted by Crippen LogP contribution is 2.27. The number of rotatable bonds is 3. The van der Waals surface area contributed by atoms with E-state index in [-0.39, 0.29) is 5.82 Å². The third kappa shape index (κ3) is 3.19. The summed E-state index contributed by atoms with van der Waals surface area (Å²) in [5, 5.41) is 8.84. The Morgan fingerprint density at radius 2 is 1.86 bits per heavy atom. The van der Waals surface area contributed by atoms with Crippen molar-refractivity contribution in [3.63, 3.8) is 0 Å². The van der Waals surface area contributed by atoms with Gasteiger partial charge in [-0.2, -0.15) is 20.0 Å². The van der Waals surface area contributed by atoms with Gasteiger partial charge in [-0.1, -0.05) is 31.2 Å². The number of benzene rings is 1. The van der Waals surface area contributed by atoms with Crippen molar-refractivity contribution in [1.29, 1.82) is 0 Å². The van der Waals surface area contributed by atoms with E-state index in [1.165, 1.54) is 0 Å². The van der Waals surface area contributed by atoms with E-state index in [1.807, 2.05) is 6.92 Å². The zero-order valence-corrected chi connectivity index (χ0v) is 11.0. The van der Waals surface area contributed by atoms with Crippen LogP contribution in [0.5, 0.6) is 6.01 Å². The van der Waals surface area contributed by atoms with E-state index in [2.05, 4.69) is 15.0 Å². The summed E-state index contributed by atoms with van der Waals surface area (Å²) in [5.41, 5.74) is 1.33. The van der Waals surface area contributed by atoms with Crippen molar-refractivity contribution in [2.24, 2.45) is 5.84 Å². The highest BCUT2D eigenvalue weighted by molar-refractivity contribution is 5.61. The molecule has 0 radical (unpaired) electrons. The third-order valence-electron chi connectivity index (χ3n) is 2.74. The van der Waals surface area contributed by atoms with E-state index in [1.54, 1.807) is 24.3 Å². The van der Waals surface area contributed by atoms with Gasteiger partial charge in [-0.15, -0.1) is 13.2 Å². The quantitative estimate of drug-likeness (QED) is 0.512. The Balaban J connectivity index is 2.54. The molecular formula is C12H12F3N5O. The number of alkyl halides is 3. The molecule has 0 aliphatic heterocycles. The zero-order valence-electron chi connectivity index (χ0n) is 11.0. The van der Waals surface area contributed by atoms with E-state index in [0.29, 0.717) is 12.0 Å². The molecule has 0 fully saturated rings. The molecule has 0 spiro atoms. The van der Waals surface area contributed by atoms with Gasteiger partial charge in [0.05, 0.1) is 0 Å². The lowest BCUT2D eigenvalue weighted by Crippen LogP contribution is -2.45. The first-order valence-corrected chi connectivity index (χ1v) is 5.98. The van der Waals surface area contributed by atoms with Gasteiger partial charge in [0.1, 0.15) is 0 Å². The number of anilines is 1. The third-order valence-corrected chi connectivity index (χ3v) is 2.74. The molecule has 0 aliphatic carbocycles. The van der Waals surface area contributed by atoms with Crippen molar-refractivity contribution < 1.29 is 18.3 Å². The lowest BCUT2D eigenvalue weighted by molar-refractivity contribution is -0.130. The molecule has 6 nitrogen and oxygen atoms in total. The van der Waals surface area contributed by atoms with E-state index in [9.17, 15) is 18.3 Å². The second kappa shape index (κ2) is 5.52. The smallest absolute Gasteiger partial charge is 0.479 e. The molecule has 0 aliphatic rings. The minimum atomic E-state index is -4.87. The zero-order chi connectivity index (χ0) is 15.6. The number of hydrogen-bond acceptors (Lipinski definition) is 6. The summed E-state index contributed by atoms with van der Waals surface area (Å²) in [5.74, 6) is 3.95. The van der Waals surface area contributed by atoms with Crippen LogP contribution in [0.15, 0.2) is 24.3 Å². The molecule has 1 heterocycles. The number of hydrogen-bond donors (Lipinski definition) is 2. The fourth-order valence-corrected chi connectivity index (χ4v) is 1.74. The first-order chi connectivity index (χ1) is 9.82. The van der Waals surface area contributed by atoms with Crippen molar-refractivity contribution in [3.8, 4) is 17.4 Å². The van der Waals surface area contributed by atoms with Crippen molar-refractivity contribution in [1.82, 2.24) is 15.0 Å². The van der Waals surface area contributed by atoms with Crippen molar-refractivity contribution in [3.05, 3.63) is 29.8 Å². The molecule has 2 rings (SSSR count). The molecule has 0 bridgehead atoms. The minimum Gasteiger partial charge on any atom is -0.479 e. The molecule has 3 N–H and O–H groups in total. The Labute approximate surface area is 118 Å². The maximum absolute atomic E-state index is 12.6. The predicted molar refractivity (Wildman–Crippen MR) is 69.0 cm³/mol. The highest BCUT2D eigenvalue weighted by Gasteiger charge is 2.38. The van der Waals surface area contributed by atoms with E-state index >= 15 is 0 Å². The van der Waals surface area contributed by atoms with E-state index in [0.717, 1.165) is 5.56 Å². The first kappa shape index (κ1) is 15.0. The number of nitrogens with two attached hydrogens (primary N) is 1. The van der Waals surface area contributed by atoms with Crippen LogP contribution in [0, 0.1) is 0 Å². The van der Waals surface area contributed by atoms with Gasteiger partial charge in [0.15, 0.2) is 5.82 Å². The van der Waals surface area contributed by atoms with Gasteiger partial charge in [0, 0.05) is 5.56 Å². The molecule has 2 aromatic rings. The largest absolute Gasteiger partial charge is 0.501 e. The summed E-state index contributed by atoms with van der Waals surface area (Å²) in [6.45, 7) is 1.88. The van der Waals surface area contributed by atoms with Crippen LogP contribution >= 0.6 is 0 Å². The van der Waals surface area contributed by atoms with Gasteiger partial charge in [-0.05, 0) is 12.0 Å². The summed E-state index contributed by atoms with van der Waals surface area (Å²) in [7, 11) is 0. The molecule has 21 heavy (non-hydrogen) atoms. The lowest BCUT2D eigenvalue weighted by atomic mass is 10.1. The van der Waals surface area contributed by atoms with Crippen LogP contribution in [0.3, 0.4) is 0 Å². The van der Waals surface area contributed by atoms with Gasteiger partial charge in [-0.3, -0.25) is 0 Å². The molecule has 1 aromatic carbocycles.